The first-order valence-electron chi connectivity index (χ1n) is 14.5. The summed E-state index contributed by atoms with van der Waals surface area (Å²) >= 11 is 0. The third-order valence-corrected chi connectivity index (χ3v) is 8.43. The number of furan rings is 2. The zero-order valence-corrected chi connectivity index (χ0v) is 23.2. The van der Waals surface area contributed by atoms with E-state index in [2.05, 4.69) is 144 Å². The Balaban J connectivity index is 1.26. The first kappa shape index (κ1) is 23.9. The molecule has 0 spiro atoms. The second kappa shape index (κ2) is 9.37. The summed E-state index contributed by atoms with van der Waals surface area (Å²) in [5.74, 6) is 0. The van der Waals surface area contributed by atoms with Crippen molar-refractivity contribution in [2.24, 2.45) is 0 Å². The molecule has 2 aromatic heterocycles. The number of anilines is 3. The van der Waals surface area contributed by atoms with Gasteiger partial charge in [0.2, 0.25) is 0 Å². The molecule has 0 saturated heterocycles. The molecule has 7 aromatic carbocycles. The van der Waals surface area contributed by atoms with Crippen LogP contribution in [0.15, 0.2) is 160 Å². The molecule has 0 unspecified atom stereocenters. The van der Waals surface area contributed by atoms with Gasteiger partial charge >= 0.3 is 0 Å². The molecule has 0 aliphatic heterocycles. The molecular weight excluding hydrogens is 526 g/mol. The average Bonchev–Trinajstić information content (AvgIpc) is 3.64. The van der Waals surface area contributed by atoms with Crippen molar-refractivity contribution in [3.05, 3.63) is 152 Å². The van der Waals surface area contributed by atoms with Crippen LogP contribution < -0.4 is 4.90 Å². The lowest BCUT2D eigenvalue weighted by Crippen LogP contribution is -2.10. The van der Waals surface area contributed by atoms with Gasteiger partial charge in [0.15, 0.2) is 0 Å². The Bertz CT molecular complexity index is 2470. The lowest BCUT2D eigenvalue weighted by atomic mass is 10.0. The van der Waals surface area contributed by atoms with Gasteiger partial charge in [-0.1, -0.05) is 91.0 Å². The second-order valence-electron chi connectivity index (χ2n) is 10.9. The minimum Gasteiger partial charge on any atom is -0.456 e. The molecule has 0 N–H and O–H groups in total. The molecule has 0 aliphatic rings. The Hall–Kier alpha value is -5.80. The Kier molecular flexibility index (Phi) is 5.20. The van der Waals surface area contributed by atoms with Crippen molar-refractivity contribution in [2.45, 2.75) is 0 Å². The first-order chi connectivity index (χ1) is 21.3. The molecule has 0 aliphatic carbocycles. The van der Waals surface area contributed by atoms with E-state index in [-0.39, 0.29) is 0 Å². The number of hydrogen-bond acceptors (Lipinski definition) is 3. The van der Waals surface area contributed by atoms with Crippen LogP contribution in [0.3, 0.4) is 0 Å². The minimum absolute atomic E-state index is 0.873. The van der Waals surface area contributed by atoms with Gasteiger partial charge in [-0.25, -0.2) is 0 Å². The maximum absolute atomic E-state index is 6.55. The van der Waals surface area contributed by atoms with E-state index in [9.17, 15) is 0 Å². The Morgan fingerprint density at radius 1 is 0.395 bits per heavy atom. The summed E-state index contributed by atoms with van der Waals surface area (Å²) in [7, 11) is 0. The summed E-state index contributed by atoms with van der Waals surface area (Å²) in [6.07, 6.45) is 0. The van der Waals surface area contributed by atoms with E-state index in [1.165, 1.54) is 5.39 Å². The molecule has 0 bridgehead atoms. The van der Waals surface area contributed by atoms with Crippen LogP contribution in [0.2, 0.25) is 0 Å². The van der Waals surface area contributed by atoms with Crippen molar-refractivity contribution in [3.8, 4) is 11.1 Å². The van der Waals surface area contributed by atoms with Crippen LogP contribution in [0.25, 0.3) is 65.8 Å². The lowest BCUT2D eigenvalue weighted by Gasteiger charge is -2.26. The quantitative estimate of drug-likeness (QED) is 0.218. The van der Waals surface area contributed by atoms with Gasteiger partial charge in [-0.3, -0.25) is 0 Å². The highest BCUT2D eigenvalue weighted by Gasteiger charge is 2.20. The first-order valence-corrected chi connectivity index (χ1v) is 14.5. The Morgan fingerprint density at radius 2 is 1.12 bits per heavy atom. The summed E-state index contributed by atoms with van der Waals surface area (Å²) in [4.78, 5) is 2.34. The van der Waals surface area contributed by atoms with Crippen molar-refractivity contribution in [2.75, 3.05) is 4.90 Å². The van der Waals surface area contributed by atoms with Crippen LogP contribution in [0.1, 0.15) is 0 Å². The highest BCUT2D eigenvalue weighted by atomic mass is 16.3. The van der Waals surface area contributed by atoms with E-state index in [0.29, 0.717) is 0 Å². The second-order valence-corrected chi connectivity index (χ2v) is 10.9. The standard InChI is InChI=1S/C40H25NO2/c1-2-12-29(13-3-1)41(35-17-9-19-38-39(35)33-22-20-26-10-4-5-15-31(26)40(33)43-38)30-14-8-11-27(24-30)28-21-23-37-34(25-28)32-16-6-7-18-36(32)42-37/h1-25H. The van der Waals surface area contributed by atoms with E-state index in [4.69, 9.17) is 8.83 Å². The largest absolute Gasteiger partial charge is 0.456 e. The van der Waals surface area contributed by atoms with Gasteiger partial charge in [0.05, 0.1) is 11.1 Å². The van der Waals surface area contributed by atoms with Gasteiger partial charge in [-0.2, -0.15) is 0 Å². The zero-order valence-electron chi connectivity index (χ0n) is 23.2. The van der Waals surface area contributed by atoms with Gasteiger partial charge in [-0.05, 0) is 77.2 Å². The predicted molar refractivity (Wildman–Crippen MR) is 179 cm³/mol. The molecule has 9 aromatic rings. The number of rotatable bonds is 4. The molecule has 202 valence electrons. The van der Waals surface area contributed by atoms with Gasteiger partial charge in [0.25, 0.3) is 0 Å². The highest BCUT2D eigenvalue weighted by Crippen LogP contribution is 2.45. The molecule has 3 nitrogen and oxygen atoms in total. The van der Waals surface area contributed by atoms with Crippen molar-refractivity contribution in [1.82, 2.24) is 0 Å². The van der Waals surface area contributed by atoms with E-state index in [0.717, 1.165) is 77.5 Å². The van der Waals surface area contributed by atoms with Crippen LogP contribution in [0, 0.1) is 0 Å². The monoisotopic (exact) mass is 551 g/mol. The van der Waals surface area contributed by atoms with Gasteiger partial charge in [0.1, 0.15) is 22.3 Å². The third-order valence-electron chi connectivity index (χ3n) is 8.43. The summed E-state index contributed by atoms with van der Waals surface area (Å²) in [5.41, 5.74) is 9.12. The third kappa shape index (κ3) is 3.75. The van der Waals surface area contributed by atoms with Crippen molar-refractivity contribution in [1.29, 1.82) is 0 Å². The molecule has 0 radical (unpaired) electrons. The van der Waals surface area contributed by atoms with Crippen LogP contribution in [-0.4, -0.2) is 0 Å². The fourth-order valence-electron chi connectivity index (χ4n) is 6.46. The number of benzene rings is 7. The SMILES string of the molecule is c1ccc(N(c2cccc(-c3ccc4oc5ccccc5c4c3)c2)c2cccc3oc4c5ccccc5ccc4c23)cc1. The van der Waals surface area contributed by atoms with Gasteiger partial charge < -0.3 is 13.7 Å². The maximum atomic E-state index is 6.55. The normalized spacial score (nSPS) is 11.7. The van der Waals surface area contributed by atoms with Crippen LogP contribution in [0.5, 0.6) is 0 Å². The smallest absolute Gasteiger partial charge is 0.143 e. The summed E-state index contributed by atoms with van der Waals surface area (Å²) < 4.78 is 12.7. The maximum Gasteiger partial charge on any atom is 0.143 e. The molecule has 0 amide bonds. The van der Waals surface area contributed by atoms with Crippen LogP contribution in [-0.2, 0) is 0 Å². The Labute approximate surface area is 247 Å². The topological polar surface area (TPSA) is 29.5 Å². The average molecular weight is 552 g/mol. The summed E-state index contributed by atoms with van der Waals surface area (Å²) in [6.45, 7) is 0. The molecule has 3 heteroatoms. The minimum atomic E-state index is 0.873. The fourth-order valence-corrected chi connectivity index (χ4v) is 6.46. The lowest BCUT2D eigenvalue weighted by molar-refractivity contribution is 0.669. The van der Waals surface area contributed by atoms with Gasteiger partial charge in [-0.15, -0.1) is 0 Å². The Morgan fingerprint density at radius 3 is 2.05 bits per heavy atom. The van der Waals surface area contributed by atoms with E-state index < -0.39 is 0 Å². The van der Waals surface area contributed by atoms with Crippen LogP contribution in [0.4, 0.5) is 17.1 Å². The van der Waals surface area contributed by atoms with E-state index in [1.54, 1.807) is 0 Å². The summed E-state index contributed by atoms with van der Waals surface area (Å²) in [5, 5.41) is 6.76. The van der Waals surface area contributed by atoms with Crippen molar-refractivity contribution in [3.63, 3.8) is 0 Å². The fraction of sp³-hybridized carbons (Fsp3) is 0. The van der Waals surface area contributed by atoms with Crippen molar-refractivity contribution < 1.29 is 8.83 Å². The van der Waals surface area contributed by atoms with E-state index >= 15 is 0 Å². The van der Waals surface area contributed by atoms with Gasteiger partial charge in [0, 0.05) is 32.9 Å². The van der Waals surface area contributed by atoms with E-state index in [1.807, 2.05) is 12.1 Å². The number of hydrogen-bond donors (Lipinski definition) is 0. The molecule has 43 heavy (non-hydrogen) atoms. The molecular formula is C40H25NO2. The molecule has 0 fully saturated rings. The molecule has 9 rings (SSSR count). The number of para-hydroxylation sites is 2. The van der Waals surface area contributed by atoms with Crippen molar-refractivity contribution >= 4 is 71.7 Å². The predicted octanol–water partition coefficient (Wildman–Crippen LogP) is 11.8. The van der Waals surface area contributed by atoms with Crippen LogP contribution >= 0.6 is 0 Å². The molecule has 0 atom stereocenters. The number of fused-ring (bicyclic) bond motifs is 8. The zero-order chi connectivity index (χ0) is 28.3. The molecule has 2 heterocycles. The number of nitrogens with zero attached hydrogens (tertiary/aromatic N) is 1. The highest BCUT2D eigenvalue weighted by molar-refractivity contribution is 6.19. The molecule has 0 saturated carbocycles. The summed E-state index contributed by atoms with van der Waals surface area (Å²) in [6, 6.07) is 53.1.